The molecule has 0 unspecified atom stereocenters. The first-order valence-corrected chi connectivity index (χ1v) is 6.93. The summed E-state index contributed by atoms with van der Waals surface area (Å²) in [6.45, 7) is 12.5. The van der Waals surface area contributed by atoms with Crippen molar-refractivity contribution in [2.75, 3.05) is 0 Å². The van der Waals surface area contributed by atoms with Crippen molar-refractivity contribution >= 4 is 9.84 Å². The molecule has 94 valence electrons. The zero-order chi connectivity index (χ0) is 13.8. The highest BCUT2D eigenvalue weighted by Crippen LogP contribution is 2.40. The van der Waals surface area contributed by atoms with Gasteiger partial charge >= 0.3 is 0 Å². The molecule has 0 fully saturated rings. The minimum atomic E-state index is -3.46. The molecule has 1 heterocycles. The lowest BCUT2D eigenvalue weighted by atomic mass is 10.0. The average molecular weight is 260 g/mol. The fourth-order valence-corrected chi connectivity index (χ4v) is 3.57. The molecule has 0 amide bonds. The lowest BCUT2D eigenvalue weighted by molar-refractivity contribution is 0.610. The van der Waals surface area contributed by atoms with Crippen LogP contribution in [0.15, 0.2) is 83.2 Å². The first-order chi connectivity index (χ1) is 8.54. The predicted octanol–water partition coefficient (Wildman–Crippen LogP) is 3.61. The molecule has 0 N–H and O–H groups in total. The normalized spacial score (nSPS) is 22.9. The summed E-state index contributed by atoms with van der Waals surface area (Å²) in [5, 5.41) is 0. The summed E-state index contributed by atoms with van der Waals surface area (Å²) in [7, 11) is -3.46. The van der Waals surface area contributed by atoms with Gasteiger partial charge in [-0.15, -0.1) is 0 Å². The summed E-state index contributed by atoms with van der Waals surface area (Å²) in [5.41, 5.74) is 1.23. The van der Waals surface area contributed by atoms with Gasteiger partial charge in [0.15, 0.2) is 0 Å². The van der Waals surface area contributed by atoms with E-state index in [1.54, 1.807) is 37.3 Å². The molecule has 0 saturated heterocycles. The van der Waals surface area contributed by atoms with E-state index in [2.05, 4.69) is 19.7 Å². The van der Waals surface area contributed by atoms with Gasteiger partial charge in [-0.05, 0) is 13.0 Å². The minimum Gasteiger partial charge on any atom is -0.218 e. The Labute approximate surface area is 109 Å². The van der Waals surface area contributed by atoms with Crippen LogP contribution in [-0.2, 0) is 9.84 Å². The number of hydrogen-bond donors (Lipinski definition) is 0. The van der Waals surface area contributed by atoms with Gasteiger partial charge in [0, 0.05) is 11.1 Å². The van der Waals surface area contributed by atoms with Crippen LogP contribution >= 0.6 is 0 Å². The minimum absolute atomic E-state index is 0.249. The molecule has 0 spiro atoms. The van der Waals surface area contributed by atoms with Crippen molar-refractivity contribution in [1.82, 2.24) is 0 Å². The Morgan fingerprint density at radius 3 is 2.22 bits per heavy atom. The van der Waals surface area contributed by atoms with Gasteiger partial charge in [0.2, 0.25) is 9.84 Å². The van der Waals surface area contributed by atoms with Crippen LogP contribution in [0.2, 0.25) is 0 Å². The standard InChI is InChI=1S/C15H16O2S/c1-5-9-11-15-12(7-3)13(10-6-2)14(8-4)18(15,16)17/h5-11H,1-3H2,4H3/b11-9-,13-10-,14-8+. The van der Waals surface area contributed by atoms with E-state index in [-0.39, 0.29) is 4.91 Å². The average Bonchev–Trinajstić information content (AvgIpc) is 2.53. The largest absolute Gasteiger partial charge is 0.218 e. The second-order valence-electron chi connectivity index (χ2n) is 3.55. The third kappa shape index (κ3) is 2.22. The molecule has 0 bridgehead atoms. The molecule has 1 aliphatic rings. The highest BCUT2D eigenvalue weighted by molar-refractivity contribution is 7.99. The van der Waals surface area contributed by atoms with Gasteiger partial charge in [-0.2, -0.15) is 0 Å². The van der Waals surface area contributed by atoms with Crippen LogP contribution < -0.4 is 0 Å². The zero-order valence-electron chi connectivity index (χ0n) is 10.4. The molecule has 0 aliphatic carbocycles. The Bertz CT molecular complexity index is 609. The van der Waals surface area contributed by atoms with E-state index in [1.807, 2.05) is 0 Å². The van der Waals surface area contributed by atoms with Crippen molar-refractivity contribution in [2.45, 2.75) is 6.92 Å². The van der Waals surface area contributed by atoms with E-state index >= 15 is 0 Å². The van der Waals surface area contributed by atoms with Crippen molar-refractivity contribution in [3.63, 3.8) is 0 Å². The molecular weight excluding hydrogens is 244 g/mol. The van der Waals surface area contributed by atoms with Crippen LogP contribution in [0.4, 0.5) is 0 Å². The lowest BCUT2D eigenvalue weighted by Gasteiger charge is -2.00. The maximum Gasteiger partial charge on any atom is 0.207 e. The van der Waals surface area contributed by atoms with Gasteiger partial charge in [0.25, 0.3) is 0 Å². The highest BCUT2D eigenvalue weighted by atomic mass is 32.2. The van der Waals surface area contributed by atoms with Crippen LogP contribution in [0.3, 0.4) is 0 Å². The van der Waals surface area contributed by atoms with Gasteiger partial charge in [-0.1, -0.05) is 56.2 Å². The van der Waals surface area contributed by atoms with E-state index in [0.29, 0.717) is 16.1 Å². The van der Waals surface area contributed by atoms with Gasteiger partial charge in [-0.3, -0.25) is 0 Å². The third-order valence-corrected chi connectivity index (χ3v) is 4.50. The van der Waals surface area contributed by atoms with Crippen LogP contribution in [0.5, 0.6) is 0 Å². The number of sulfone groups is 1. The Morgan fingerprint density at radius 1 is 1.11 bits per heavy atom. The monoisotopic (exact) mass is 260 g/mol. The lowest BCUT2D eigenvalue weighted by Crippen LogP contribution is -1.99. The molecule has 1 aliphatic heterocycles. The quantitative estimate of drug-likeness (QED) is 0.724. The highest BCUT2D eigenvalue weighted by Gasteiger charge is 2.34. The van der Waals surface area contributed by atoms with Crippen molar-refractivity contribution in [2.24, 2.45) is 0 Å². The van der Waals surface area contributed by atoms with Crippen molar-refractivity contribution in [3.8, 4) is 0 Å². The summed E-state index contributed by atoms with van der Waals surface area (Å²) in [6.07, 6.45) is 11.0. The topological polar surface area (TPSA) is 34.1 Å². The van der Waals surface area contributed by atoms with Gasteiger partial charge in [0.1, 0.15) is 0 Å². The third-order valence-electron chi connectivity index (χ3n) is 2.53. The first-order valence-electron chi connectivity index (χ1n) is 5.45. The summed E-state index contributed by atoms with van der Waals surface area (Å²) in [5.74, 6) is 0. The molecule has 0 aromatic rings. The van der Waals surface area contributed by atoms with Crippen LogP contribution in [0, 0.1) is 0 Å². The smallest absolute Gasteiger partial charge is 0.207 e. The fourth-order valence-electron chi connectivity index (χ4n) is 1.82. The van der Waals surface area contributed by atoms with Crippen molar-refractivity contribution in [3.05, 3.63) is 83.2 Å². The van der Waals surface area contributed by atoms with Crippen LogP contribution in [0.1, 0.15) is 6.92 Å². The van der Waals surface area contributed by atoms with Crippen LogP contribution in [0.25, 0.3) is 0 Å². The van der Waals surface area contributed by atoms with E-state index in [1.165, 1.54) is 12.2 Å². The van der Waals surface area contributed by atoms with Crippen LogP contribution in [-0.4, -0.2) is 8.42 Å². The molecule has 0 radical (unpaired) electrons. The molecule has 3 heteroatoms. The molecule has 0 aromatic heterocycles. The van der Waals surface area contributed by atoms with E-state index in [9.17, 15) is 8.42 Å². The molecule has 1 rings (SSSR count). The Morgan fingerprint density at radius 2 is 1.78 bits per heavy atom. The van der Waals surface area contributed by atoms with E-state index in [4.69, 9.17) is 0 Å². The number of rotatable bonds is 4. The maximum atomic E-state index is 12.3. The van der Waals surface area contributed by atoms with Gasteiger partial charge in [0.05, 0.1) is 9.81 Å². The Hall–Kier alpha value is -1.87. The Kier molecular flexibility index (Phi) is 4.45. The molecule has 0 aromatic carbocycles. The molecule has 18 heavy (non-hydrogen) atoms. The van der Waals surface area contributed by atoms with E-state index in [0.717, 1.165) is 0 Å². The van der Waals surface area contributed by atoms with Crippen molar-refractivity contribution in [1.29, 1.82) is 0 Å². The molecular formula is C15H16O2S. The molecule has 0 saturated carbocycles. The summed E-state index contributed by atoms with van der Waals surface area (Å²) >= 11 is 0. The Balaban J connectivity index is 3.69. The number of allylic oxidation sites excluding steroid dienone is 9. The molecule has 2 nitrogen and oxygen atoms in total. The second kappa shape index (κ2) is 5.65. The SMILES string of the molecule is C=C/C=C\C1=C(C=C)C(=C/C=C)/C(=C\C)S1(=O)=O. The maximum absolute atomic E-state index is 12.3. The summed E-state index contributed by atoms with van der Waals surface area (Å²) in [6, 6.07) is 0. The predicted molar refractivity (Wildman–Crippen MR) is 77.5 cm³/mol. The van der Waals surface area contributed by atoms with Gasteiger partial charge in [-0.25, -0.2) is 8.42 Å². The van der Waals surface area contributed by atoms with E-state index < -0.39 is 9.84 Å². The van der Waals surface area contributed by atoms with Gasteiger partial charge < -0.3 is 0 Å². The zero-order valence-corrected chi connectivity index (χ0v) is 11.2. The number of hydrogen-bond acceptors (Lipinski definition) is 2. The summed E-state index contributed by atoms with van der Waals surface area (Å²) < 4.78 is 24.7. The molecule has 0 atom stereocenters. The summed E-state index contributed by atoms with van der Waals surface area (Å²) in [4.78, 5) is 0.541. The second-order valence-corrected chi connectivity index (χ2v) is 5.44. The fraction of sp³-hybridized carbons (Fsp3) is 0.0667. The van der Waals surface area contributed by atoms with Crippen molar-refractivity contribution < 1.29 is 8.42 Å². The first kappa shape index (κ1) is 14.2.